The maximum atomic E-state index is 5.99. The molecule has 0 unspecified atom stereocenters. The minimum atomic E-state index is 0. The SMILES string of the molecule is COc1ccc(NC(N)=NCc2ccc(OCCCN(C)C)cc2)cc1OC.I. The van der Waals surface area contributed by atoms with Crippen molar-refractivity contribution in [2.75, 3.05) is 46.8 Å². The molecule has 0 aliphatic heterocycles. The molecule has 3 N–H and O–H groups in total. The lowest BCUT2D eigenvalue weighted by Gasteiger charge is -2.11. The zero-order chi connectivity index (χ0) is 20.4. The van der Waals surface area contributed by atoms with Crippen LogP contribution in [0.3, 0.4) is 0 Å². The number of aliphatic imine (C=N–C) groups is 1. The molecule has 2 aromatic rings. The van der Waals surface area contributed by atoms with Crippen molar-refractivity contribution in [3.63, 3.8) is 0 Å². The number of ether oxygens (including phenoxy) is 3. The molecule has 160 valence electrons. The summed E-state index contributed by atoms with van der Waals surface area (Å²) in [6.45, 7) is 2.20. The molecule has 0 aliphatic carbocycles. The summed E-state index contributed by atoms with van der Waals surface area (Å²) in [6.07, 6.45) is 0.997. The predicted molar refractivity (Wildman–Crippen MR) is 129 cm³/mol. The standard InChI is InChI=1S/C21H30N4O3.HI/c1-25(2)12-5-13-28-18-9-6-16(7-10-18)15-23-21(22)24-17-8-11-19(26-3)20(14-17)27-4;/h6-11,14H,5,12-13,15H2,1-4H3,(H3,22,23,24);1H. The van der Waals surface area contributed by atoms with Gasteiger partial charge in [0.25, 0.3) is 0 Å². The highest BCUT2D eigenvalue weighted by Crippen LogP contribution is 2.29. The van der Waals surface area contributed by atoms with Crippen LogP contribution in [0.4, 0.5) is 5.69 Å². The monoisotopic (exact) mass is 514 g/mol. The van der Waals surface area contributed by atoms with E-state index in [4.69, 9.17) is 19.9 Å². The number of rotatable bonds is 10. The fourth-order valence-electron chi connectivity index (χ4n) is 2.54. The van der Waals surface area contributed by atoms with Crippen molar-refractivity contribution in [2.24, 2.45) is 10.7 Å². The summed E-state index contributed by atoms with van der Waals surface area (Å²) in [5.41, 5.74) is 7.82. The lowest BCUT2D eigenvalue weighted by Crippen LogP contribution is -2.22. The van der Waals surface area contributed by atoms with Gasteiger partial charge in [0.15, 0.2) is 17.5 Å². The van der Waals surface area contributed by atoms with E-state index >= 15 is 0 Å². The second-order valence-electron chi connectivity index (χ2n) is 6.55. The van der Waals surface area contributed by atoms with Gasteiger partial charge >= 0.3 is 0 Å². The van der Waals surface area contributed by atoms with Crippen LogP contribution in [0.1, 0.15) is 12.0 Å². The molecule has 0 saturated carbocycles. The molecule has 29 heavy (non-hydrogen) atoms. The average molecular weight is 514 g/mol. The highest BCUT2D eigenvalue weighted by molar-refractivity contribution is 14.0. The molecule has 2 rings (SSSR count). The number of nitrogens with zero attached hydrogens (tertiary/aromatic N) is 2. The quantitative estimate of drug-likeness (QED) is 0.219. The smallest absolute Gasteiger partial charge is 0.193 e. The van der Waals surface area contributed by atoms with Gasteiger partial charge in [-0.15, -0.1) is 24.0 Å². The molecule has 7 nitrogen and oxygen atoms in total. The van der Waals surface area contributed by atoms with Gasteiger partial charge in [-0.1, -0.05) is 12.1 Å². The molecule has 0 bridgehead atoms. The molecular formula is C21H31IN4O3. The van der Waals surface area contributed by atoms with Gasteiger partial charge < -0.3 is 30.2 Å². The van der Waals surface area contributed by atoms with Crippen molar-refractivity contribution in [1.29, 1.82) is 0 Å². The largest absolute Gasteiger partial charge is 0.494 e. The summed E-state index contributed by atoms with van der Waals surface area (Å²) in [4.78, 5) is 6.52. The van der Waals surface area contributed by atoms with Gasteiger partial charge in [-0.3, -0.25) is 0 Å². The van der Waals surface area contributed by atoms with Crippen LogP contribution in [0, 0.1) is 0 Å². The second kappa shape index (κ2) is 13.1. The van der Waals surface area contributed by atoms with Crippen molar-refractivity contribution in [2.45, 2.75) is 13.0 Å². The Bertz CT molecular complexity index is 767. The van der Waals surface area contributed by atoms with E-state index in [9.17, 15) is 0 Å². The molecule has 0 radical (unpaired) electrons. The van der Waals surface area contributed by atoms with Gasteiger partial charge in [0.05, 0.1) is 27.4 Å². The van der Waals surface area contributed by atoms with Crippen LogP contribution in [-0.4, -0.2) is 52.3 Å². The van der Waals surface area contributed by atoms with Crippen LogP contribution < -0.4 is 25.3 Å². The third-order valence-electron chi connectivity index (χ3n) is 4.03. The first kappa shape index (κ1) is 24.8. The Labute approximate surface area is 190 Å². The fourth-order valence-corrected chi connectivity index (χ4v) is 2.54. The van der Waals surface area contributed by atoms with E-state index in [1.54, 1.807) is 14.2 Å². The summed E-state index contributed by atoms with van der Waals surface area (Å²) in [7, 11) is 7.30. The number of hydrogen-bond donors (Lipinski definition) is 2. The Morgan fingerprint density at radius 3 is 2.34 bits per heavy atom. The molecule has 0 amide bonds. The van der Waals surface area contributed by atoms with Gasteiger partial charge in [-0.2, -0.15) is 0 Å². The molecule has 0 aromatic heterocycles. The average Bonchev–Trinajstić information content (AvgIpc) is 2.70. The number of hydrogen-bond acceptors (Lipinski definition) is 5. The summed E-state index contributed by atoms with van der Waals surface area (Å²) in [5.74, 6) is 2.48. The Kier molecular flexibility index (Phi) is 11.2. The maximum absolute atomic E-state index is 5.99. The fraction of sp³-hybridized carbons (Fsp3) is 0.381. The van der Waals surface area contributed by atoms with Crippen molar-refractivity contribution in [3.8, 4) is 17.2 Å². The van der Waals surface area contributed by atoms with E-state index in [0.717, 1.165) is 30.0 Å². The molecule has 0 saturated heterocycles. The summed E-state index contributed by atoms with van der Waals surface area (Å²) < 4.78 is 16.2. The zero-order valence-electron chi connectivity index (χ0n) is 17.5. The highest BCUT2D eigenvalue weighted by atomic mass is 127. The first-order valence-electron chi connectivity index (χ1n) is 9.17. The molecule has 2 aromatic carbocycles. The molecule has 0 aliphatic rings. The van der Waals surface area contributed by atoms with Crippen LogP contribution in [-0.2, 0) is 6.54 Å². The number of guanidine groups is 1. The van der Waals surface area contributed by atoms with E-state index in [-0.39, 0.29) is 24.0 Å². The molecule has 8 heteroatoms. The molecular weight excluding hydrogens is 483 g/mol. The number of methoxy groups -OCH3 is 2. The van der Waals surface area contributed by atoms with E-state index in [1.807, 2.05) is 42.5 Å². The molecule has 0 spiro atoms. The minimum Gasteiger partial charge on any atom is -0.494 e. The topological polar surface area (TPSA) is 81.3 Å². The van der Waals surface area contributed by atoms with Gasteiger partial charge in [0.1, 0.15) is 5.75 Å². The molecule has 0 heterocycles. The number of nitrogens with one attached hydrogen (secondary N) is 1. The molecule has 0 atom stereocenters. The van der Waals surface area contributed by atoms with E-state index in [1.165, 1.54) is 0 Å². The Morgan fingerprint density at radius 1 is 1.03 bits per heavy atom. The Balaban J connectivity index is 0.00000420. The summed E-state index contributed by atoms with van der Waals surface area (Å²) in [5, 5.41) is 3.06. The maximum Gasteiger partial charge on any atom is 0.193 e. The lowest BCUT2D eigenvalue weighted by atomic mass is 10.2. The Morgan fingerprint density at radius 2 is 1.72 bits per heavy atom. The highest BCUT2D eigenvalue weighted by Gasteiger charge is 2.05. The number of nitrogens with two attached hydrogens (primary N) is 1. The van der Waals surface area contributed by atoms with E-state index in [2.05, 4.69) is 29.3 Å². The van der Waals surface area contributed by atoms with Crippen molar-refractivity contribution < 1.29 is 14.2 Å². The van der Waals surface area contributed by atoms with Crippen LogP contribution in [0.5, 0.6) is 17.2 Å². The van der Waals surface area contributed by atoms with E-state index < -0.39 is 0 Å². The normalized spacial score (nSPS) is 11.0. The predicted octanol–water partition coefficient (Wildman–Crippen LogP) is 3.58. The van der Waals surface area contributed by atoms with Crippen LogP contribution in [0.15, 0.2) is 47.5 Å². The van der Waals surface area contributed by atoms with Crippen LogP contribution in [0.2, 0.25) is 0 Å². The second-order valence-corrected chi connectivity index (χ2v) is 6.55. The summed E-state index contributed by atoms with van der Waals surface area (Å²) >= 11 is 0. The zero-order valence-corrected chi connectivity index (χ0v) is 19.8. The van der Waals surface area contributed by atoms with Gasteiger partial charge in [0, 0.05) is 18.3 Å². The lowest BCUT2D eigenvalue weighted by molar-refractivity contribution is 0.281. The van der Waals surface area contributed by atoms with E-state index in [0.29, 0.717) is 30.6 Å². The first-order valence-corrected chi connectivity index (χ1v) is 9.17. The van der Waals surface area contributed by atoms with Crippen molar-refractivity contribution in [1.82, 2.24) is 4.90 Å². The van der Waals surface area contributed by atoms with Crippen molar-refractivity contribution >= 4 is 35.6 Å². The third-order valence-corrected chi connectivity index (χ3v) is 4.03. The van der Waals surface area contributed by atoms with Gasteiger partial charge in [-0.25, -0.2) is 4.99 Å². The number of anilines is 1. The number of halogens is 1. The third kappa shape index (κ3) is 8.78. The number of benzene rings is 2. The first-order chi connectivity index (χ1) is 13.5. The van der Waals surface area contributed by atoms with Crippen LogP contribution in [0.25, 0.3) is 0 Å². The minimum absolute atomic E-state index is 0. The van der Waals surface area contributed by atoms with Crippen molar-refractivity contribution in [3.05, 3.63) is 48.0 Å². The van der Waals surface area contributed by atoms with Crippen LogP contribution >= 0.6 is 24.0 Å². The molecule has 0 fully saturated rings. The van der Waals surface area contributed by atoms with Gasteiger partial charge in [0.2, 0.25) is 0 Å². The summed E-state index contributed by atoms with van der Waals surface area (Å²) in [6, 6.07) is 13.4. The Hall–Kier alpha value is -2.20. The van der Waals surface area contributed by atoms with Gasteiger partial charge in [-0.05, 0) is 50.3 Å².